The summed E-state index contributed by atoms with van der Waals surface area (Å²) in [5, 5.41) is 0. The van der Waals surface area contributed by atoms with Crippen LogP contribution in [0, 0.1) is 5.92 Å². The number of hydrogen-bond donors (Lipinski definition) is 0. The van der Waals surface area contributed by atoms with Gasteiger partial charge in [-0.15, -0.1) is 0 Å². The number of nitrogens with zero attached hydrogens (tertiary/aromatic N) is 2. The molecule has 0 aromatic heterocycles. The molecule has 2 amide bonds. The van der Waals surface area contributed by atoms with Gasteiger partial charge in [-0.1, -0.05) is 45.7 Å². The van der Waals surface area contributed by atoms with E-state index in [2.05, 4.69) is 45.7 Å². The molecule has 0 aliphatic carbocycles. The Morgan fingerprint density at radius 2 is 1.70 bits per heavy atom. The number of rotatable bonds is 6. The summed E-state index contributed by atoms with van der Waals surface area (Å²) in [6.07, 6.45) is 0. The van der Waals surface area contributed by atoms with Crippen LogP contribution in [0.1, 0.15) is 13.8 Å². The summed E-state index contributed by atoms with van der Waals surface area (Å²) in [4.78, 5) is 16.7. The van der Waals surface area contributed by atoms with Gasteiger partial charge in [0.1, 0.15) is 5.75 Å². The average Bonchev–Trinajstić information content (AvgIpc) is 2.94. The lowest BCUT2D eigenvalue weighted by Crippen LogP contribution is -2.34. The molecule has 8 heteroatoms. The number of carbonyl (C=O) groups is 1. The molecule has 0 bridgehead atoms. The third-order valence-corrected chi connectivity index (χ3v) is 5.95. The highest BCUT2D eigenvalue weighted by Gasteiger charge is 2.29. The third-order valence-electron chi connectivity index (χ3n) is 4.03. The fourth-order valence-corrected chi connectivity index (χ4v) is 4.86. The summed E-state index contributed by atoms with van der Waals surface area (Å²) in [5.41, 5.74) is 0.803. The van der Waals surface area contributed by atoms with E-state index >= 15 is 0 Å². The lowest BCUT2D eigenvalue weighted by Gasteiger charge is -2.20. The molecule has 1 fully saturated rings. The Balaban J connectivity index is 1.68. The van der Waals surface area contributed by atoms with E-state index in [0.29, 0.717) is 23.1 Å². The second-order valence-electron chi connectivity index (χ2n) is 6.69. The van der Waals surface area contributed by atoms with Crippen molar-refractivity contribution in [2.75, 3.05) is 24.5 Å². The molecule has 27 heavy (non-hydrogen) atoms. The van der Waals surface area contributed by atoms with Crippen LogP contribution in [0.25, 0.3) is 0 Å². The van der Waals surface area contributed by atoms with Crippen molar-refractivity contribution in [2.24, 2.45) is 5.92 Å². The second-order valence-corrected chi connectivity index (χ2v) is 9.63. The largest absolute Gasteiger partial charge is 0.397 e. The topological polar surface area (TPSA) is 49.9 Å². The Bertz CT molecular complexity index is 838. The summed E-state index contributed by atoms with van der Waals surface area (Å²) < 4.78 is 19.7. The fraction of sp³-hybridized carbons (Fsp3) is 0.316. The van der Waals surface area contributed by atoms with Gasteiger partial charge in [-0.05, 0) is 48.4 Å². The molecule has 144 valence electrons. The summed E-state index contributed by atoms with van der Waals surface area (Å²) in [7, 11) is 0. The minimum Gasteiger partial charge on any atom is -0.397 e. The van der Waals surface area contributed by atoms with Crippen molar-refractivity contribution in [1.82, 2.24) is 4.90 Å². The maximum atomic E-state index is 12.5. The van der Waals surface area contributed by atoms with Crippen molar-refractivity contribution in [2.45, 2.75) is 18.7 Å². The van der Waals surface area contributed by atoms with Crippen molar-refractivity contribution in [3.8, 4) is 5.75 Å². The van der Waals surface area contributed by atoms with E-state index in [-0.39, 0.29) is 6.03 Å². The van der Waals surface area contributed by atoms with Crippen molar-refractivity contribution in [3.63, 3.8) is 0 Å². The molecule has 2 aromatic carbocycles. The highest BCUT2D eigenvalue weighted by molar-refractivity contribution is 9.11. The first-order valence-electron chi connectivity index (χ1n) is 8.56. The third kappa shape index (κ3) is 5.12. The normalized spacial score (nSPS) is 15.5. The van der Waals surface area contributed by atoms with Crippen LogP contribution in [-0.4, -0.2) is 34.8 Å². The summed E-state index contributed by atoms with van der Waals surface area (Å²) in [5.74, 6) is 0.937. The van der Waals surface area contributed by atoms with Crippen molar-refractivity contribution in [1.29, 1.82) is 0 Å². The Morgan fingerprint density at radius 1 is 1.07 bits per heavy atom. The van der Waals surface area contributed by atoms with Gasteiger partial charge in [-0.25, -0.2) is 9.00 Å². The van der Waals surface area contributed by atoms with Gasteiger partial charge in [-0.3, -0.25) is 4.90 Å². The fourth-order valence-electron chi connectivity index (χ4n) is 2.88. The maximum absolute atomic E-state index is 12.5. The molecule has 1 heterocycles. The molecule has 5 nitrogen and oxygen atoms in total. The van der Waals surface area contributed by atoms with E-state index in [1.807, 2.05) is 23.1 Å². The molecule has 0 spiro atoms. The zero-order valence-corrected chi connectivity index (χ0v) is 19.0. The first-order valence-corrected chi connectivity index (χ1v) is 11.2. The average molecular weight is 516 g/mol. The highest BCUT2D eigenvalue weighted by Crippen LogP contribution is 2.27. The lowest BCUT2D eigenvalue weighted by molar-refractivity contribution is 0.215. The number of anilines is 1. The number of benzene rings is 2. The number of amides is 2. The zero-order chi connectivity index (χ0) is 19.6. The number of urea groups is 1. The van der Waals surface area contributed by atoms with Crippen LogP contribution in [0.3, 0.4) is 0 Å². The van der Waals surface area contributed by atoms with Crippen LogP contribution in [0.5, 0.6) is 5.75 Å². The molecule has 1 atom stereocenters. The van der Waals surface area contributed by atoms with E-state index in [4.69, 9.17) is 4.18 Å². The molecular weight excluding hydrogens is 496 g/mol. The first kappa shape index (κ1) is 20.4. The molecule has 1 saturated heterocycles. The minimum atomic E-state index is -1.64. The molecule has 0 N–H and O–H groups in total. The van der Waals surface area contributed by atoms with Crippen LogP contribution >= 0.6 is 31.9 Å². The molecule has 3 rings (SSSR count). The Labute approximate surface area is 178 Å². The van der Waals surface area contributed by atoms with Gasteiger partial charge in [0.25, 0.3) is 0 Å². The first-order chi connectivity index (χ1) is 12.8. The standard InChI is InChI=1S/C19H20Br2N2O3S/c1-13(2)12-22-7-8-23(19(22)24)16-3-5-18(6-4-16)27(25)26-17-10-14(20)9-15(21)11-17/h3-6,9-11,13H,7-8,12H2,1-2H3. The van der Waals surface area contributed by atoms with Crippen molar-refractivity contribution >= 4 is 54.7 Å². The van der Waals surface area contributed by atoms with Gasteiger partial charge in [0, 0.05) is 34.3 Å². The van der Waals surface area contributed by atoms with E-state index in [0.717, 1.165) is 27.7 Å². The quantitative estimate of drug-likeness (QED) is 0.530. The summed E-state index contributed by atoms with van der Waals surface area (Å²) in [6, 6.07) is 12.5. The number of hydrogen-bond acceptors (Lipinski definition) is 3. The molecule has 1 unspecified atom stereocenters. The number of halogens is 2. The number of carbonyl (C=O) groups excluding carboxylic acids is 1. The molecule has 1 aliphatic heterocycles. The summed E-state index contributed by atoms with van der Waals surface area (Å²) in [6.45, 7) is 6.35. The lowest BCUT2D eigenvalue weighted by atomic mass is 10.2. The van der Waals surface area contributed by atoms with Gasteiger partial charge >= 0.3 is 6.03 Å². The smallest absolute Gasteiger partial charge is 0.324 e. The molecular formula is C19H20Br2N2O3S. The van der Waals surface area contributed by atoms with E-state index in [9.17, 15) is 9.00 Å². The van der Waals surface area contributed by atoms with Crippen molar-refractivity contribution in [3.05, 3.63) is 51.4 Å². The van der Waals surface area contributed by atoms with Crippen molar-refractivity contribution < 1.29 is 13.2 Å². The molecule has 0 radical (unpaired) electrons. The molecule has 1 aliphatic rings. The zero-order valence-electron chi connectivity index (χ0n) is 15.0. The van der Waals surface area contributed by atoms with Gasteiger partial charge in [0.2, 0.25) is 11.1 Å². The second kappa shape index (κ2) is 8.75. The van der Waals surface area contributed by atoms with E-state index < -0.39 is 11.1 Å². The SMILES string of the molecule is CC(C)CN1CCN(c2ccc(S(=O)Oc3cc(Br)cc(Br)c3)cc2)C1=O. The Hall–Kier alpha value is -1.38. The maximum Gasteiger partial charge on any atom is 0.324 e. The Kier molecular flexibility index (Phi) is 6.60. The summed E-state index contributed by atoms with van der Waals surface area (Å²) >= 11 is 5.12. The predicted octanol–water partition coefficient (Wildman–Crippen LogP) is 5.21. The minimum absolute atomic E-state index is 0.0211. The van der Waals surface area contributed by atoms with Gasteiger partial charge in [0.15, 0.2) is 0 Å². The van der Waals surface area contributed by atoms with Gasteiger partial charge < -0.3 is 9.08 Å². The predicted molar refractivity (Wildman–Crippen MR) is 114 cm³/mol. The van der Waals surface area contributed by atoms with Crippen LogP contribution in [0.2, 0.25) is 0 Å². The van der Waals surface area contributed by atoms with E-state index in [1.165, 1.54) is 0 Å². The van der Waals surface area contributed by atoms with Crippen LogP contribution in [0.4, 0.5) is 10.5 Å². The van der Waals surface area contributed by atoms with Crippen LogP contribution in [-0.2, 0) is 11.1 Å². The molecule has 2 aromatic rings. The highest BCUT2D eigenvalue weighted by atomic mass is 79.9. The molecule has 0 saturated carbocycles. The van der Waals surface area contributed by atoms with Crippen LogP contribution in [0.15, 0.2) is 56.3 Å². The monoisotopic (exact) mass is 514 g/mol. The van der Waals surface area contributed by atoms with Crippen LogP contribution < -0.4 is 9.08 Å². The Morgan fingerprint density at radius 3 is 2.30 bits per heavy atom. The van der Waals surface area contributed by atoms with Gasteiger partial charge in [0.05, 0.1) is 4.90 Å². The van der Waals surface area contributed by atoms with E-state index in [1.54, 1.807) is 29.2 Å². The van der Waals surface area contributed by atoms with Gasteiger partial charge in [-0.2, -0.15) is 0 Å².